The van der Waals surface area contributed by atoms with Crippen molar-refractivity contribution in [3.8, 4) is 22.8 Å². The summed E-state index contributed by atoms with van der Waals surface area (Å²) >= 11 is 0. The average Bonchev–Trinajstić information content (AvgIpc) is 3.28. The fraction of sp³-hybridized carbons (Fsp3) is 0.273. The van der Waals surface area contributed by atoms with Crippen molar-refractivity contribution in [2.75, 3.05) is 33.4 Å². The second-order valence-corrected chi connectivity index (χ2v) is 6.72. The van der Waals surface area contributed by atoms with Crippen LogP contribution < -0.4 is 14.8 Å². The fourth-order valence-corrected chi connectivity index (χ4v) is 3.39. The lowest BCUT2D eigenvalue weighted by molar-refractivity contribution is 0.0529. The maximum atomic E-state index is 13.1. The first-order chi connectivity index (χ1) is 14.3. The SMILES string of the molecule is COc1ccccc1-c1ccc(C(=O)N2CCNCC2COc2cccnc2)o1.Cl.Cl. The first-order valence-corrected chi connectivity index (χ1v) is 9.54. The minimum atomic E-state index is -0.146. The maximum absolute atomic E-state index is 13.1. The maximum Gasteiger partial charge on any atom is 0.290 e. The van der Waals surface area contributed by atoms with E-state index in [1.54, 1.807) is 36.5 Å². The standard InChI is InChI=1S/C22H23N3O4.2ClH/c1-27-19-7-3-2-6-18(19)20-8-9-21(29-20)22(26)25-12-11-24-13-16(25)15-28-17-5-4-10-23-14-17;;/h2-10,14,16,24H,11-13,15H2,1H3;2*1H. The van der Waals surface area contributed by atoms with Crippen LogP contribution in [-0.2, 0) is 0 Å². The molecular formula is C22H25Cl2N3O4. The molecule has 3 heterocycles. The molecule has 1 saturated heterocycles. The number of nitrogens with zero attached hydrogens (tertiary/aromatic N) is 2. The summed E-state index contributed by atoms with van der Waals surface area (Å²) in [4.78, 5) is 19.0. The number of para-hydroxylation sites is 1. The van der Waals surface area contributed by atoms with Crippen molar-refractivity contribution in [1.29, 1.82) is 0 Å². The predicted molar refractivity (Wildman–Crippen MR) is 123 cm³/mol. The number of hydrogen-bond donors (Lipinski definition) is 1. The number of carbonyl (C=O) groups excluding carboxylic acids is 1. The number of carbonyl (C=O) groups is 1. The predicted octanol–water partition coefficient (Wildman–Crippen LogP) is 3.69. The van der Waals surface area contributed by atoms with Crippen LogP contribution in [0.4, 0.5) is 0 Å². The smallest absolute Gasteiger partial charge is 0.290 e. The van der Waals surface area contributed by atoms with Gasteiger partial charge in [-0.1, -0.05) is 12.1 Å². The van der Waals surface area contributed by atoms with E-state index >= 15 is 0 Å². The zero-order valence-electron chi connectivity index (χ0n) is 17.0. The summed E-state index contributed by atoms with van der Waals surface area (Å²) in [7, 11) is 1.61. The van der Waals surface area contributed by atoms with Crippen LogP contribution in [0.15, 0.2) is 65.3 Å². The minimum Gasteiger partial charge on any atom is -0.496 e. The molecule has 0 aliphatic carbocycles. The van der Waals surface area contributed by atoms with Gasteiger partial charge in [0.1, 0.15) is 23.9 Å². The van der Waals surface area contributed by atoms with E-state index in [0.717, 1.165) is 12.1 Å². The van der Waals surface area contributed by atoms with Gasteiger partial charge in [0.05, 0.1) is 24.9 Å². The van der Waals surface area contributed by atoms with E-state index in [2.05, 4.69) is 10.3 Å². The van der Waals surface area contributed by atoms with Crippen molar-refractivity contribution in [3.05, 3.63) is 66.7 Å². The first kappa shape index (κ1) is 24.5. The summed E-state index contributed by atoms with van der Waals surface area (Å²) in [6.07, 6.45) is 3.36. The van der Waals surface area contributed by atoms with Crippen molar-refractivity contribution >= 4 is 30.7 Å². The first-order valence-electron chi connectivity index (χ1n) is 9.54. The van der Waals surface area contributed by atoms with Gasteiger partial charge in [0.15, 0.2) is 5.76 Å². The second kappa shape index (κ2) is 11.6. The number of rotatable bonds is 6. The molecule has 1 aliphatic heterocycles. The number of amides is 1. The van der Waals surface area contributed by atoms with Crippen molar-refractivity contribution in [1.82, 2.24) is 15.2 Å². The van der Waals surface area contributed by atoms with Crippen molar-refractivity contribution in [2.45, 2.75) is 6.04 Å². The Balaban J connectivity index is 0.00000171. The number of piperazine rings is 1. The number of methoxy groups -OCH3 is 1. The molecule has 31 heavy (non-hydrogen) atoms. The Morgan fingerprint density at radius 1 is 1.19 bits per heavy atom. The van der Waals surface area contributed by atoms with Gasteiger partial charge in [-0.25, -0.2) is 0 Å². The van der Waals surface area contributed by atoms with Crippen molar-refractivity contribution in [3.63, 3.8) is 0 Å². The highest BCUT2D eigenvalue weighted by Gasteiger charge is 2.30. The largest absolute Gasteiger partial charge is 0.496 e. The molecule has 0 spiro atoms. The van der Waals surface area contributed by atoms with Crippen LogP contribution in [0.3, 0.4) is 0 Å². The molecule has 3 aromatic rings. The quantitative estimate of drug-likeness (QED) is 0.598. The monoisotopic (exact) mass is 465 g/mol. The summed E-state index contributed by atoms with van der Waals surface area (Å²) in [6.45, 7) is 2.36. The zero-order chi connectivity index (χ0) is 20.1. The third kappa shape index (κ3) is 5.70. The Morgan fingerprint density at radius 2 is 2.03 bits per heavy atom. The molecular weight excluding hydrogens is 441 g/mol. The molecule has 1 atom stereocenters. The van der Waals surface area contributed by atoms with Crippen molar-refractivity contribution < 1.29 is 18.7 Å². The lowest BCUT2D eigenvalue weighted by Gasteiger charge is -2.35. The summed E-state index contributed by atoms with van der Waals surface area (Å²) in [5, 5.41) is 3.32. The van der Waals surface area contributed by atoms with Gasteiger partial charge in [0, 0.05) is 25.8 Å². The summed E-state index contributed by atoms with van der Waals surface area (Å²) < 4.78 is 17.1. The van der Waals surface area contributed by atoms with Gasteiger partial charge in [-0.15, -0.1) is 24.8 Å². The summed E-state index contributed by atoms with van der Waals surface area (Å²) in [6, 6.07) is 14.6. The normalized spacial score (nSPS) is 15.4. The Kier molecular flexibility index (Phi) is 9.18. The fourth-order valence-electron chi connectivity index (χ4n) is 3.39. The summed E-state index contributed by atoms with van der Waals surface area (Å²) in [5.74, 6) is 2.14. The van der Waals surface area contributed by atoms with E-state index in [1.165, 1.54) is 0 Å². The number of aromatic nitrogens is 1. The van der Waals surface area contributed by atoms with E-state index < -0.39 is 0 Å². The van der Waals surface area contributed by atoms with Gasteiger partial charge in [-0.3, -0.25) is 9.78 Å². The lowest BCUT2D eigenvalue weighted by Crippen LogP contribution is -2.55. The molecule has 0 radical (unpaired) electrons. The van der Waals surface area contributed by atoms with E-state index in [9.17, 15) is 4.79 Å². The van der Waals surface area contributed by atoms with Gasteiger partial charge >= 0.3 is 0 Å². The lowest BCUT2D eigenvalue weighted by atomic mass is 10.1. The number of halogens is 2. The molecule has 0 bridgehead atoms. The van der Waals surface area contributed by atoms with Gasteiger partial charge in [0.25, 0.3) is 5.91 Å². The van der Waals surface area contributed by atoms with E-state index in [0.29, 0.717) is 42.7 Å². The Morgan fingerprint density at radius 3 is 2.81 bits per heavy atom. The van der Waals surface area contributed by atoms with Gasteiger partial charge in [-0.05, 0) is 36.4 Å². The topological polar surface area (TPSA) is 76.8 Å². The third-order valence-electron chi connectivity index (χ3n) is 4.88. The van der Waals surface area contributed by atoms with Crippen LogP contribution >= 0.6 is 24.8 Å². The van der Waals surface area contributed by atoms with Crippen LogP contribution in [0.25, 0.3) is 11.3 Å². The van der Waals surface area contributed by atoms with E-state index in [1.807, 2.05) is 36.4 Å². The van der Waals surface area contributed by atoms with Crippen LogP contribution in [0, 0.1) is 0 Å². The van der Waals surface area contributed by atoms with Gasteiger partial charge in [-0.2, -0.15) is 0 Å². The van der Waals surface area contributed by atoms with E-state index in [-0.39, 0.29) is 36.8 Å². The number of nitrogens with one attached hydrogen (secondary N) is 1. The Hall–Kier alpha value is -2.74. The average molecular weight is 466 g/mol. The third-order valence-corrected chi connectivity index (χ3v) is 4.88. The van der Waals surface area contributed by atoms with E-state index in [4.69, 9.17) is 13.9 Å². The van der Waals surface area contributed by atoms with Crippen molar-refractivity contribution in [2.24, 2.45) is 0 Å². The highest BCUT2D eigenvalue weighted by molar-refractivity contribution is 5.92. The molecule has 9 heteroatoms. The Labute approximate surface area is 193 Å². The van der Waals surface area contributed by atoms with Crippen LogP contribution in [-0.4, -0.2) is 55.2 Å². The van der Waals surface area contributed by atoms with Crippen LogP contribution in [0.1, 0.15) is 10.6 Å². The van der Waals surface area contributed by atoms with Crippen LogP contribution in [0.5, 0.6) is 11.5 Å². The van der Waals surface area contributed by atoms with Gasteiger partial charge in [0.2, 0.25) is 0 Å². The number of ether oxygens (including phenoxy) is 2. The zero-order valence-corrected chi connectivity index (χ0v) is 18.7. The molecule has 1 unspecified atom stereocenters. The molecule has 1 N–H and O–H groups in total. The molecule has 1 aliphatic rings. The molecule has 4 rings (SSSR count). The molecule has 166 valence electrons. The number of pyridine rings is 1. The highest BCUT2D eigenvalue weighted by Crippen LogP contribution is 2.31. The molecule has 1 aromatic carbocycles. The van der Waals surface area contributed by atoms with Gasteiger partial charge < -0.3 is 24.1 Å². The number of furan rings is 1. The minimum absolute atomic E-state index is 0. The Bertz CT molecular complexity index is 968. The highest BCUT2D eigenvalue weighted by atomic mass is 35.5. The second-order valence-electron chi connectivity index (χ2n) is 6.72. The summed E-state index contributed by atoms with van der Waals surface area (Å²) in [5.41, 5.74) is 0.811. The molecule has 1 amide bonds. The number of benzene rings is 1. The molecule has 0 saturated carbocycles. The molecule has 7 nitrogen and oxygen atoms in total. The molecule has 2 aromatic heterocycles. The van der Waals surface area contributed by atoms with Crippen LogP contribution in [0.2, 0.25) is 0 Å². The number of hydrogen-bond acceptors (Lipinski definition) is 6. The molecule has 1 fully saturated rings.